The molecule has 0 saturated carbocycles. The van der Waals surface area contributed by atoms with Crippen LogP contribution < -0.4 is 20.3 Å². The maximum absolute atomic E-state index is 12.6. The van der Waals surface area contributed by atoms with Crippen LogP contribution in [0.5, 0.6) is 5.75 Å². The molecule has 2 N–H and O–H groups in total. The van der Waals surface area contributed by atoms with E-state index >= 15 is 0 Å². The molecule has 1 aliphatic rings. The number of morpholine rings is 1. The van der Waals surface area contributed by atoms with Crippen LogP contribution in [0.1, 0.15) is 20.7 Å². The summed E-state index contributed by atoms with van der Waals surface area (Å²) in [6.07, 6.45) is 0. The summed E-state index contributed by atoms with van der Waals surface area (Å²) >= 11 is 11.4. The van der Waals surface area contributed by atoms with E-state index in [9.17, 15) is 9.59 Å². The van der Waals surface area contributed by atoms with Gasteiger partial charge in [-0.2, -0.15) is 0 Å². The van der Waals surface area contributed by atoms with Crippen molar-refractivity contribution in [2.24, 2.45) is 0 Å². The number of ether oxygens (including phenoxy) is 3. The highest BCUT2D eigenvalue weighted by molar-refractivity contribution is 7.80. The van der Waals surface area contributed by atoms with Gasteiger partial charge in [0.05, 0.1) is 49.4 Å². The zero-order valence-corrected chi connectivity index (χ0v) is 18.6. The Morgan fingerprint density at radius 2 is 1.81 bits per heavy atom. The fraction of sp³-hybridized carbons (Fsp3) is 0.286. The van der Waals surface area contributed by atoms with E-state index in [2.05, 4.69) is 15.5 Å². The second-order valence-corrected chi connectivity index (χ2v) is 7.40. The third kappa shape index (κ3) is 5.63. The molecule has 2 aromatic carbocycles. The second kappa shape index (κ2) is 10.4. The lowest BCUT2D eigenvalue weighted by Crippen LogP contribution is -2.38. The highest BCUT2D eigenvalue weighted by Gasteiger charge is 2.19. The summed E-state index contributed by atoms with van der Waals surface area (Å²) in [6.45, 7) is 2.57. The number of rotatable bonds is 5. The van der Waals surface area contributed by atoms with Crippen LogP contribution in [-0.4, -0.2) is 57.5 Å². The molecule has 0 spiro atoms. The van der Waals surface area contributed by atoms with Gasteiger partial charge in [-0.05, 0) is 48.6 Å². The normalized spacial score (nSPS) is 13.3. The number of carbonyl (C=O) groups excluding carboxylic acids is 2. The third-order valence-corrected chi connectivity index (χ3v) is 5.16. The molecule has 8 nitrogen and oxygen atoms in total. The molecule has 0 unspecified atom stereocenters. The van der Waals surface area contributed by atoms with Crippen LogP contribution in [0.3, 0.4) is 0 Å². The molecule has 164 valence electrons. The summed E-state index contributed by atoms with van der Waals surface area (Å²) in [6, 6.07) is 9.81. The molecule has 1 saturated heterocycles. The molecule has 1 amide bonds. The highest BCUT2D eigenvalue weighted by Crippen LogP contribution is 2.29. The fourth-order valence-corrected chi connectivity index (χ4v) is 3.56. The molecule has 0 aromatic heterocycles. The fourth-order valence-electron chi connectivity index (χ4n) is 3.10. The van der Waals surface area contributed by atoms with Gasteiger partial charge < -0.3 is 24.4 Å². The summed E-state index contributed by atoms with van der Waals surface area (Å²) in [7, 11) is 2.81. The van der Waals surface area contributed by atoms with E-state index in [0.29, 0.717) is 53.9 Å². The van der Waals surface area contributed by atoms with Gasteiger partial charge in [-0.25, -0.2) is 4.79 Å². The molecule has 0 bridgehead atoms. The molecule has 0 aliphatic carbocycles. The minimum Gasteiger partial charge on any atom is -0.495 e. The van der Waals surface area contributed by atoms with Crippen molar-refractivity contribution >= 4 is 52.2 Å². The topological polar surface area (TPSA) is 89.1 Å². The monoisotopic (exact) mass is 463 g/mol. The van der Waals surface area contributed by atoms with Crippen molar-refractivity contribution in [3.8, 4) is 5.75 Å². The van der Waals surface area contributed by atoms with Crippen molar-refractivity contribution in [2.45, 2.75) is 0 Å². The average molecular weight is 464 g/mol. The largest absolute Gasteiger partial charge is 0.495 e. The number of esters is 1. The molecule has 2 aromatic rings. The van der Waals surface area contributed by atoms with E-state index in [-0.39, 0.29) is 5.11 Å². The summed E-state index contributed by atoms with van der Waals surface area (Å²) < 4.78 is 15.3. The van der Waals surface area contributed by atoms with Gasteiger partial charge in [0.2, 0.25) is 0 Å². The molecule has 0 atom stereocenters. The van der Waals surface area contributed by atoms with E-state index in [1.54, 1.807) is 24.3 Å². The number of benzene rings is 2. The zero-order valence-electron chi connectivity index (χ0n) is 17.1. The van der Waals surface area contributed by atoms with Gasteiger partial charge in [0.1, 0.15) is 5.75 Å². The first-order chi connectivity index (χ1) is 14.9. The van der Waals surface area contributed by atoms with Crippen LogP contribution in [0.4, 0.5) is 11.4 Å². The standard InChI is InChI=1S/C21H22ClN3O5S/c1-28-18-6-4-13(11-15(18)22)19(26)24-21(31)23-16-12-14(20(27)29-2)3-5-17(16)25-7-9-30-10-8-25/h3-6,11-12H,7-10H2,1-2H3,(H2,23,24,26,31). The average Bonchev–Trinajstić information content (AvgIpc) is 2.78. The Hall–Kier alpha value is -2.88. The summed E-state index contributed by atoms with van der Waals surface area (Å²) in [5.74, 6) is -0.438. The van der Waals surface area contributed by atoms with Gasteiger partial charge in [-0.15, -0.1) is 0 Å². The van der Waals surface area contributed by atoms with Crippen LogP contribution in [0.2, 0.25) is 5.02 Å². The first-order valence-electron chi connectivity index (χ1n) is 9.44. The number of amides is 1. The number of halogens is 1. The van der Waals surface area contributed by atoms with Gasteiger partial charge in [-0.3, -0.25) is 10.1 Å². The number of methoxy groups -OCH3 is 2. The van der Waals surface area contributed by atoms with E-state index in [1.807, 2.05) is 6.07 Å². The van der Waals surface area contributed by atoms with Gasteiger partial charge in [0, 0.05) is 18.7 Å². The Morgan fingerprint density at radius 1 is 1.10 bits per heavy atom. The Kier molecular flexibility index (Phi) is 7.67. The lowest BCUT2D eigenvalue weighted by molar-refractivity contribution is 0.0600. The van der Waals surface area contributed by atoms with E-state index in [4.69, 9.17) is 38.0 Å². The molecule has 10 heteroatoms. The van der Waals surface area contributed by atoms with Gasteiger partial charge in [0.15, 0.2) is 5.11 Å². The molecule has 0 radical (unpaired) electrons. The number of anilines is 2. The van der Waals surface area contributed by atoms with E-state index in [0.717, 1.165) is 5.69 Å². The van der Waals surface area contributed by atoms with Crippen LogP contribution in [0, 0.1) is 0 Å². The number of carbonyl (C=O) groups is 2. The van der Waals surface area contributed by atoms with E-state index < -0.39 is 11.9 Å². The number of hydrogen-bond donors (Lipinski definition) is 2. The maximum atomic E-state index is 12.6. The third-order valence-electron chi connectivity index (χ3n) is 4.66. The van der Waals surface area contributed by atoms with Crippen molar-refractivity contribution < 1.29 is 23.8 Å². The van der Waals surface area contributed by atoms with Crippen LogP contribution in [0.25, 0.3) is 0 Å². The summed E-state index contributed by atoms with van der Waals surface area (Å²) in [4.78, 5) is 26.7. The first-order valence-corrected chi connectivity index (χ1v) is 10.2. The quantitative estimate of drug-likeness (QED) is 0.516. The lowest BCUT2D eigenvalue weighted by atomic mass is 10.1. The van der Waals surface area contributed by atoms with Crippen LogP contribution in [-0.2, 0) is 9.47 Å². The first kappa shape index (κ1) is 22.8. The summed E-state index contributed by atoms with van der Waals surface area (Å²) in [5, 5.41) is 6.03. The SMILES string of the molecule is COC(=O)c1ccc(N2CCOCC2)c(NC(=S)NC(=O)c2ccc(OC)c(Cl)c2)c1. The second-order valence-electron chi connectivity index (χ2n) is 6.58. The Bertz CT molecular complexity index is 995. The minimum absolute atomic E-state index is 0.0773. The predicted molar refractivity (Wildman–Crippen MR) is 123 cm³/mol. The Labute approximate surface area is 190 Å². The highest BCUT2D eigenvalue weighted by atomic mass is 35.5. The number of thiocarbonyl (C=S) groups is 1. The molecule has 1 fully saturated rings. The van der Waals surface area contributed by atoms with Gasteiger partial charge in [-0.1, -0.05) is 11.6 Å². The molecular formula is C21H22ClN3O5S. The molecule has 1 heterocycles. The number of nitrogens with zero attached hydrogens (tertiary/aromatic N) is 1. The minimum atomic E-state index is -0.473. The van der Waals surface area contributed by atoms with Gasteiger partial charge >= 0.3 is 5.97 Å². The Balaban J connectivity index is 1.79. The molecule has 3 rings (SSSR count). The smallest absolute Gasteiger partial charge is 0.337 e. The number of hydrogen-bond acceptors (Lipinski definition) is 7. The van der Waals surface area contributed by atoms with Crippen molar-refractivity contribution in [3.05, 3.63) is 52.5 Å². The zero-order chi connectivity index (χ0) is 22.4. The van der Waals surface area contributed by atoms with Gasteiger partial charge in [0.25, 0.3) is 5.91 Å². The van der Waals surface area contributed by atoms with E-state index in [1.165, 1.54) is 20.3 Å². The Morgan fingerprint density at radius 3 is 2.45 bits per heavy atom. The molecular weight excluding hydrogens is 442 g/mol. The van der Waals surface area contributed by atoms with Crippen molar-refractivity contribution in [2.75, 3.05) is 50.7 Å². The van der Waals surface area contributed by atoms with Crippen LogP contribution in [0.15, 0.2) is 36.4 Å². The van der Waals surface area contributed by atoms with Crippen molar-refractivity contribution in [1.82, 2.24) is 5.32 Å². The van der Waals surface area contributed by atoms with Crippen molar-refractivity contribution in [3.63, 3.8) is 0 Å². The molecule has 1 aliphatic heterocycles. The molecule has 31 heavy (non-hydrogen) atoms. The predicted octanol–water partition coefficient (Wildman–Crippen LogP) is 3.10. The summed E-state index contributed by atoms with van der Waals surface area (Å²) in [5.41, 5.74) is 2.09. The van der Waals surface area contributed by atoms with Crippen LogP contribution >= 0.6 is 23.8 Å². The maximum Gasteiger partial charge on any atom is 0.337 e. The van der Waals surface area contributed by atoms with Crippen molar-refractivity contribution in [1.29, 1.82) is 0 Å². The lowest BCUT2D eigenvalue weighted by Gasteiger charge is -2.31. The number of nitrogens with one attached hydrogen (secondary N) is 2.